The number of hydrogen-bond acceptors (Lipinski definition) is 1. The monoisotopic (exact) mass is 302 g/mol. The summed E-state index contributed by atoms with van der Waals surface area (Å²) in [6.45, 7) is 0. The van der Waals surface area contributed by atoms with E-state index in [9.17, 15) is 4.79 Å². The topological polar surface area (TPSA) is 41.1 Å². The Kier molecular flexibility index (Phi) is 3.46. The second kappa shape index (κ2) is 5.76. The zero-order chi connectivity index (χ0) is 15.6. The summed E-state index contributed by atoms with van der Waals surface area (Å²) in [5.41, 5.74) is 5.79. The minimum absolute atomic E-state index is 0.0263. The number of amides is 2. The van der Waals surface area contributed by atoms with Crippen molar-refractivity contribution in [3.8, 4) is 0 Å². The van der Waals surface area contributed by atoms with Gasteiger partial charge < -0.3 is 10.6 Å². The van der Waals surface area contributed by atoms with Gasteiger partial charge in [-0.15, -0.1) is 0 Å². The molecule has 4 rings (SSSR count). The maximum absolute atomic E-state index is 12.1. The van der Waals surface area contributed by atoms with Crippen molar-refractivity contribution >= 4 is 12.1 Å². The number of carbonyl (C=O) groups is 1. The van der Waals surface area contributed by atoms with Crippen LogP contribution in [0.25, 0.3) is 6.08 Å². The molecule has 2 amide bonds. The standard InChI is InChI=1S/C20H18N2O/c23-20-21-18(15-9-5-2-6-10-15)17-12-11-16(19(17)22-20)13-14-7-3-1-4-8-14/h1-10,13,18H,11-12H2,(H2,21,22,23)/b16-13+/t18-/m0/s1. The Balaban J connectivity index is 1.74. The predicted molar refractivity (Wildman–Crippen MR) is 91.5 cm³/mol. The van der Waals surface area contributed by atoms with Crippen LogP contribution in [-0.4, -0.2) is 6.03 Å². The predicted octanol–water partition coefficient (Wildman–Crippen LogP) is 4.17. The Morgan fingerprint density at radius 1 is 0.913 bits per heavy atom. The van der Waals surface area contributed by atoms with Gasteiger partial charge in [-0.3, -0.25) is 0 Å². The maximum atomic E-state index is 12.1. The molecule has 114 valence electrons. The fraction of sp³-hybridized carbons (Fsp3) is 0.150. The maximum Gasteiger partial charge on any atom is 0.319 e. The molecule has 0 radical (unpaired) electrons. The number of nitrogens with one attached hydrogen (secondary N) is 2. The SMILES string of the molecule is O=C1NC2=C(CC/C2=C\c2ccccc2)[C@H](c2ccccc2)N1. The summed E-state index contributed by atoms with van der Waals surface area (Å²) in [4.78, 5) is 12.1. The van der Waals surface area contributed by atoms with Crippen molar-refractivity contribution < 1.29 is 4.79 Å². The highest BCUT2D eigenvalue weighted by atomic mass is 16.2. The number of urea groups is 1. The Hall–Kier alpha value is -2.81. The summed E-state index contributed by atoms with van der Waals surface area (Å²) in [5.74, 6) is 0. The molecule has 2 aliphatic rings. The lowest BCUT2D eigenvalue weighted by atomic mass is 9.96. The highest BCUT2D eigenvalue weighted by Crippen LogP contribution is 2.40. The molecule has 2 N–H and O–H groups in total. The van der Waals surface area contributed by atoms with Gasteiger partial charge in [0.05, 0.1) is 6.04 Å². The highest BCUT2D eigenvalue weighted by Gasteiger charge is 2.33. The van der Waals surface area contributed by atoms with Crippen molar-refractivity contribution in [2.75, 3.05) is 0 Å². The van der Waals surface area contributed by atoms with Gasteiger partial charge in [0.25, 0.3) is 0 Å². The molecule has 0 bridgehead atoms. The van der Waals surface area contributed by atoms with Crippen LogP contribution in [-0.2, 0) is 0 Å². The molecule has 0 saturated heterocycles. The van der Waals surface area contributed by atoms with Gasteiger partial charge in [-0.25, -0.2) is 4.79 Å². The zero-order valence-corrected chi connectivity index (χ0v) is 12.8. The lowest BCUT2D eigenvalue weighted by molar-refractivity contribution is 0.239. The van der Waals surface area contributed by atoms with Crippen LogP contribution in [0.1, 0.15) is 30.0 Å². The van der Waals surface area contributed by atoms with Crippen LogP contribution in [0.3, 0.4) is 0 Å². The van der Waals surface area contributed by atoms with E-state index in [2.05, 4.69) is 41.0 Å². The van der Waals surface area contributed by atoms with Gasteiger partial charge in [0.15, 0.2) is 0 Å². The van der Waals surface area contributed by atoms with E-state index in [0.29, 0.717) is 0 Å². The lowest BCUT2D eigenvalue weighted by Crippen LogP contribution is -2.43. The second-order valence-electron chi connectivity index (χ2n) is 5.92. The number of hydrogen-bond donors (Lipinski definition) is 2. The first-order valence-electron chi connectivity index (χ1n) is 7.93. The van der Waals surface area contributed by atoms with Crippen LogP contribution in [0, 0.1) is 0 Å². The second-order valence-corrected chi connectivity index (χ2v) is 5.92. The molecule has 1 heterocycles. The van der Waals surface area contributed by atoms with Crippen molar-refractivity contribution in [3.05, 3.63) is 88.6 Å². The van der Waals surface area contributed by atoms with E-state index < -0.39 is 0 Å². The molecule has 3 nitrogen and oxygen atoms in total. The first-order valence-corrected chi connectivity index (χ1v) is 7.93. The Morgan fingerprint density at radius 2 is 1.61 bits per heavy atom. The number of allylic oxidation sites excluding steroid dienone is 1. The summed E-state index contributed by atoms with van der Waals surface area (Å²) in [5, 5.41) is 6.06. The molecule has 23 heavy (non-hydrogen) atoms. The molecule has 0 unspecified atom stereocenters. The van der Waals surface area contributed by atoms with Crippen molar-refractivity contribution in [1.29, 1.82) is 0 Å². The van der Waals surface area contributed by atoms with Gasteiger partial charge in [0.1, 0.15) is 0 Å². The fourth-order valence-corrected chi connectivity index (χ4v) is 3.37. The normalized spacial score (nSPS) is 21.8. The van der Waals surface area contributed by atoms with Crippen LogP contribution in [0.15, 0.2) is 77.5 Å². The Labute approximate surface area is 135 Å². The van der Waals surface area contributed by atoms with Gasteiger partial charge in [-0.1, -0.05) is 60.7 Å². The Morgan fingerprint density at radius 3 is 2.35 bits per heavy atom. The third-order valence-corrected chi connectivity index (χ3v) is 4.44. The van der Waals surface area contributed by atoms with Crippen molar-refractivity contribution in [2.24, 2.45) is 0 Å². The summed E-state index contributed by atoms with van der Waals surface area (Å²) < 4.78 is 0. The lowest BCUT2D eigenvalue weighted by Gasteiger charge is -2.27. The number of carbonyl (C=O) groups excluding carboxylic acids is 1. The quantitative estimate of drug-likeness (QED) is 0.859. The molecular weight excluding hydrogens is 284 g/mol. The van der Waals surface area contributed by atoms with E-state index in [1.807, 2.05) is 36.4 Å². The van der Waals surface area contributed by atoms with E-state index in [4.69, 9.17) is 0 Å². The Bertz CT molecular complexity index is 791. The molecule has 0 saturated carbocycles. The van der Waals surface area contributed by atoms with Gasteiger partial charge in [-0.05, 0) is 41.2 Å². The smallest absolute Gasteiger partial charge is 0.319 e. The van der Waals surface area contributed by atoms with Crippen molar-refractivity contribution in [1.82, 2.24) is 10.6 Å². The summed E-state index contributed by atoms with van der Waals surface area (Å²) in [6, 6.07) is 20.3. The van der Waals surface area contributed by atoms with E-state index in [1.54, 1.807) is 0 Å². The molecule has 2 aromatic rings. The van der Waals surface area contributed by atoms with Gasteiger partial charge in [0, 0.05) is 5.70 Å². The summed E-state index contributed by atoms with van der Waals surface area (Å²) in [7, 11) is 0. The van der Waals surface area contributed by atoms with Gasteiger partial charge in [0.2, 0.25) is 0 Å². The fourth-order valence-electron chi connectivity index (χ4n) is 3.37. The van der Waals surface area contributed by atoms with Gasteiger partial charge >= 0.3 is 6.03 Å². The first kappa shape index (κ1) is 13.8. The molecule has 0 fully saturated rings. The van der Waals surface area contributed by atoms with E-state index in [1.165, 1.54) is 16.7 Å². The van der Waals surface area contributed by atoms with E-state index >= 15 is 0 Å². The molecule has 1 atom stereocenters. The highest BCUT2D eigenvalue weighted by molar-refractivity contribution is 5.82. The molecule has 1 aliphatic carbocycles. The van der Waals surface area contributed by atoms with Crippen LogP contribution >= 0.6 is 0 Å². The average Bonchev–Trinajstić information content (AvgIpc) is 2.99. The van der Waals surface area contributed by atoms with Crippen LogP contribution in [0.5, 0.6) is 0 Å². The van der Waals surface area contributed by atoms with E-state index in [0.717, 1.165) is 24.1 Å². The van der Waals surface area contributed by atoms with Crippen molar-refractivity contribution in [2.45, 2.75) is 18.9 Å². The van der Waals surface area contributed by atoms with Crippen LogP contribution < -0.4 is 10.6 Å². The third-order valence-electron chi connectivity index (χ3n) is 4.44. The summed E-state index contributed by atoms with van der Waals surface area (Å²) in [6.07, 6.45) is 4.11. The molecule has 0 aromatic heterocycles. The number of rotatable bonds is 2. The molecule has 3 heteroatoms. The molecule has 1 aliphatic heterocycles. The third kappa shape index (κ3) is 2.66. The molecule has 2 aromatic carbocycles. The minimum atomic E-state index is -0.126. The molecule has 0 spiro atoms. The van der Waals surface area contributed by atoms with Crippen LogP contribution in [0.2, 0.25) is 0 Å². The minimum Gasteiger partial charge on any atom is -0.327 e. The zero-order valence-electron chi connectivity index (χ0n) is 12.8. The van der Waals surface area contributed by atoms with E-state index in [-0.39, 0.29) is 12.1 Å². The van der Waals surface area contributed by atoms with Crippen molar-refractivity contribution in [3.63, 3.8) is 0 Å². The van der Waals surface area contributed by atoms with Gasteiger partial charge in [-0.2, -0.15) is 0 Å². The average molecular weight is 302 g/mol. The summed E-state index contributed by atoms with van der Waals surface area (Å²) >= 11 is 0. The van der Waals surface area contributed by atoms with Crippen LogP contribution in [0.4, 0.5) is 4.79 Å². The largest absolute Gasteiger partial charge is 0.327 e. The first-order chi connectivity index (χ1) is 11.3. The molecular formula is C20H18N2O. The number of benzene rings is 2.